The van der Waals surface area contributed by atoms with Crippen LogP contribution in [0.15, 0.2) is 24.3 Å². The smallest absolute Gasteiger partial charge is 0.298 e. The molecule has 57 heavy (non-hydrogen) atoms. The SMILES string of the molecule is CCC(C)C(C(CC(=O)N1CCCC1C(OC)C(C)C(=O)NC(Cc1ccc(OC=O)cc1)C(=O)NSC1CC1)OC)N(C)C(=O)CNC(=O)C(C(C)C)N(C)C. The van der Waals surface area contributed by atoms with E-state index < -0.39 is 36.3 Å². The van der Waals surface area contributed by atoms with E-state index in [2.05, 4.69) is 15.4 Å². The zero-order chi connectivity index (χ0) is 42.4. The van der Waals surface area contributed by atoms with Crippen LogP contribution >= 0.6 is 11.9 Å². The Morgan fingerprint density at radius 3 is 2.16 bits per heavy atom. The Balaban J connectivity index is 1.73. The van der Waals surface area contributed by atoms with Crippen molar-refractivity contribution in [2.75, 3.05) is 48.5 Å². The Labute approximate surface area is 343 Å². The van der Waals surface area contributed by atoms with Crippen LogP contribution in [0.4, 0.5) is 0 Å². The van der Waals surface area contributed by atoms with Crippen molar-refractivity contribution in [2.45, 2.75) is 121 Å². The van der Waals surface area contributed by atoms with E-state index >= 15 is 0 Å². The molecule has 2 fully saturated rings. The number of hydrogen-bond acceptors (Lipinski definition) is 11. The highest BCUT2D eigenvalue weighted by Crippen LogP contribution is 2.32. The molecular formula is C41H66N6O9S. The average Bonchev–Trinajstić information content (AvgIpc) is 3.89. The van der Waals surface area contributed by atoms with Gasteiger partial charge in [-0.2, -0.15) is 0 Å². The van der Waals surface area contributed by atoms with Crippen molar-refractivity contribution >= 4 is 48.0 Å². The first-order valence-electron chi connectivity index (χ1n) is 20.1. The van der Waals surface area contributed by atoms with Crippen LogP contribution in [0, 0.1) is 17.8 Å². The first-order chi connectivity index (χ1) is 27.1. The lowest BCUT2D eigenvalue weighted by atomic mass is 9.90. The molecule has 5 amide bonds. The van der Waals surface area contributed by atoms with E-state index in [-0.39, 0.29) is 66.8 Å². The number of likely N-dealkylation sites (tertiary alicyclic amines) is 1. The number of nitrogens with zero attached hydrogens (tertiary/aromatic N) is 3. The van der Waals surface area contributed by atoms with Crippen molar-refractivity contribution in [3.8, 4) is 5.75 Å². The number of amides is 5. The van der Waals surface area contributed by atoms with Crippen molar-refractivity contribution in [3.05, 3.63) is 29.8 Å². The second kappa shape index (κ2) is 23.0. The van der Waals surface area contributed by atoms with Gasteiger partial charge < -0.3 is 34.6 Å². The molecule has 8 unspecified atom stereocenters. The monoisotopic (exact) mass is 818 g/mol. The topological polar surface area (TPSA) is 176 Å². The van der Waals surface area contributed by atoms with Gasteiger partial charge in [0, 0.05) is 39.5 Å². The number of likely N-dealkylation sites (N-methyl/N-ethyl adjacent to an activating group) is 2. The molecule has 1 aromatic rings. The molecule has 1 heterocycles. The molecular weight excluding hydrogens is 753 g/mol. The summed E-state index contributed by atoms with van der Waals surface area (Å²) in [4.78, 5) is 83.9. The number of benzene rings is 1. The third-order valence-corrected chi connectivity index (χ3v) is 12.3. The van der Waals surface area contributed by atoms with Crippen LogP contribution in [0.5, 0.6) is 5.75 Å². The van der Waals surface area contributed by atoms with Gasteiger partial charge in [0.1, 0.15) is 11.8 Å². The molecule has 0 spiro atoms. The van der Waals surface area contributed by atoms with Crippen molar-refractivity contribution in [1.29, 1.82) is 0 Å². The number of nitrogens with one attached hydrogen (secondary N) is 3. The highest BCUT2D eigenvalue weighted by atomic mass is 32.2. The maximum atomic E-state index is 14.2. The van der Waals surface area contributed by atoms with E-state index in [1.807, 2.05) is 46.7 Å². The van der Waals surface area contributed by atoms with Crippen molar-refractivity contribution in [3.63, 3.8) is 0 Å². The van der Waals surface area contributed by atoms with Gasteiger partial charge in [0.25, 0.3) is 12.4 Å². The molecule has 3 N–H and O–H groups in total. The van der Waals surface area contributed by atoms with Gasteiger partial charge in [-0.3, -0.25) is 38.4 Å². The van der Waals surface area contributed by atoms with Crippen molar-refractivity contribution in [2.24, 2.45) is 17.8 Å². The highest BCUT2D eigenvalue weighted by Gasteiger charge is 2.42. The highest BCUT2D eigenvalue weighted by molar-refractivity contribution is 7.98. The summed E-state index contributed by atoms with van der Waals surface area (Å²) in [7, 11) is 8.40. The van der Waals surface area contributed by atoms with Gasteiger partial charge in [0.05, 0.1) is 49.2 Å². The zero-order valence-electron chi connectivity index (χ0n) is 35.4. The quantitative estimate of drug-likeness (QED) is 0.103. The fraction of sp³-hybridized carbons (Fsp3) is 0.707. The minimum atomic E-state index is -0.888. The molecule has 3 rings (SSSR count). The lowest BCUT2D eigenvalue weighted by Crippen LogP contribution is -2.55. The third kappa shape index (κ3) is 13.7. The van der Waals surface area contributed by atoms with Crippen LogP contribution in [-0.2, 0) is 44.7 Å². The lowest BCUT2D eigenvalue weighted by Gasteiger charge is -2.39. The number of carbonyl (C=O) groups is 6. The lowest BCUT2D eigenvalue weighted by molar-refractivity contribution is -0.146. The van der Waals surface area contributed by atoms with Gasteiger partial charge in [-0.15, -0.1) is 0 Å². The normalized spacial score (nSPS) is 19.2. The molecule has 8 atom stereocenters. The van der Waals surface area contributed by atoms with Gasteiger partial charge in [0.2, 0.25) is 23.6 Å². The van der Waals surface area contributed by atoms with E-state index in [1.165, 1.54) is 26.2 Å². The largest absolute Gasteiger partial charge is 0.429 e. The molecule has 2 aliphatic rings. The molecule has 16 heteroatoms. The number of hydrogen-bond donors (Lipinski definition) is 3. The molecule has 320 valence electrons. The summed E-state index contributed by atoms with van der Waals surface area (Å²) in [6.45, 7) is 10.3. The fourth-order valence-corrected chi connectivity index (χ4v) is 8.55. The van der Waals surface area contributed by atoms with Crippen LogP contribution in [0.25, 0.3) is 0 Å². The third-order valence-electron chi connectivity index (χ3n) is 11.2. The Hall–Kier alpha value is -3.73. The number of methoxy groups -OCH3 is 2. The van der Waals surface area contributed by atoms with E-state index in [1.54, 1.807) is 48.0 Å². The zero-order valence-corrected chi connectivity index (χ0v) is 36.3. The summed E-state index contributed by atoms with van der Waals surface area (Å²) in [6.07, 6.45) is 3.00. The average molecular weight is 819 g/mol. The van der Waals surface area contributed by atoms with Crippen LogP contribution in [0.3, 0.4) is 0 Å². The van der Waals surface area contributed by atoms with Gasteiger partial charge in [0.15, 0.2) is 0 Å². The Morgan fingerprint density at radius 1 is 0.947 bits per heavy atom. The minimum absolute atomic E-state index is 0.00334. The molecule has 15 nitrogen and oxygen atoms in total. The molecule has 1 aliphatic heterocycles. The van der Waals surface area contributed by atoms with Crippen molar-refractivity contribution < 1.29 is 43.0 Å². The summed E-state index contributed by atoms with van der Waals surface area (Å²) < 4.78 is 19.7. The van der Waals surface area contributed by atoms with Gasteiger partial charge in [-0.05, 0) is 81.3 Å². The molecule has 1 saturated heterocycles. The Bertz CT molecular complexity index is 1490. The maximum absolute atomic E-state index is 14.2. The molecule has 0 aromatic heterocycles. The molecule has 1 saturated carbocycles. The van der Waals surface area contributed by atoms with E-state index in [0.29, 0.717) is 36.9 Å². The molecule has 1 aliphatic carbocycles. The van der Waals surface area contributed by atoms with Crippen LogP contribution < -0.4 is 20.1 Å². The summed E-state index contributed by atoms with van der Waals surface area (Å²) in [5, 5.41) is 6.11. The van der Waals surface area contributed by atoms with Crippen LogP contribution in [-0.4, -0.2) is 141 Å². The Kier molecular flexibility index (Phi) is 19.2. The van der Waals surface area contributed by atoms with E-state index in [9.17, 15) is 28.8 Å². The Morgan fingerprint density at radius 2 is 1.61 bits per heavy atom. The predicted molar refractivity (Wildman–Crippen MR) is 219 cm³/mol. The summed E-state index contributed by atoms with van der Waals surface area (Å²) >= 11 is 1.36. The summed E-state index contributed by atoms with van der Waals surface area (Å²) in [6, 6.07) is 4.58. The van der Waals surface area contributed by atoms with Gasteiger partial charge >= 0.3 is 0 Å². The minimum Gasteiger partial charge on any atom is -0.429 e. The van der Waals surface area contributed by atoms with Crippen LogP contribution in [0.1, 0.15) is 78.7 Å². The first-order valence-corrected chi connectivity index (χ1v) is 21.0. The van der Waals surface area contributed by atoms with Gasteiger partial charge in [-0.1, -0.05) is 53.2 Å². The van der Waals surface area contributed by atoms with Crippen molar-refractivity contribution in [1.82, 2.24) is 30.1 Å². The standard InChI is InChI=1S/C41H66N6O9S/c1-11-26(4)37(46(8)35(50)23-42-41(53)36(25(2)3)45(6)7)33(54-9)22-34(49)47-20-12-13-32(47)38(55-10)27(5)39(51)43-31(40(52)44-57-30-18-19-30)21-28-14-16-29(17-15-28)56-24-48/h14-17,24-27,30-33,36-38H,11-13,18-23H2,1-10H3,(H,42,53)(H,43,51)(H,44,52). The first kappa shape index (κ1) is 47.6. The number of carbonyl (C=O) groups excluding carboxylic acids is 6. The summed E-state index contributed by atoms with van der Waals surface area (Å²) in [5.41, 5.74) is 0.762. The second-order valence-electron chi connectivity index (χ2n) is 15.9. The number of ether oxygens (including phenoxy) is 3. The molecule has 1 aromatic carbocycles. The molecule has 0 radical (unpaired) electrons. The number of rotatable bonds is 24. The van der Waals surface area contributed by atoms with Gasteiger partial charge in [-0.25, -0.2) is 0 Å². The molecule has 0 bridgehead atoms. The van der Waals surface area contributed by atoms with Crippen LogP contribution in [0.2, 0.25) is 0 Å². The second-order valence-corrected chi connectivity index (χ2v) is 17.0. The fourth-order valence-electron chi connectivity index (χ4n) is 7.76. The predicted octanol–water partition coefficient (Wildman–Crippen LogP) is 2.80. The summed E-state index contributed by atoms with van der Waals surface area (Å²) in [5.74, 6) is -1.74. The van der Waals surface area contributed by atoms with E-state index in [4.69, 9.17) is 14.2 Å². The maximum Gasteiger partial charge on any atom is 0.298 e. The van der Waals surface area contributed by atoms with E-state index in [0.717, 1.165) is 24.8 Å².